The molecule has 1 aliphatic rings. The third-order valence-electron chi connectivity index (χ3n) is 5.52. The lowest BCUT2D eigenvalue weighted by atomic mass is 10.2. The van der Waals surface area contributed by atoms with Gasteiger partial charge in [0.05, 0.1) is 6.20 Å². The monoisotopic (exact) mass is 481 g/mol. The van der Waals surface area contributed by atoms with Gasteiger partial charge in [0.2, 0.25) is 17.6 Å². The number of hydrogen-bond donors (Lipinski definition) is 1. The fraction of sp³-hybridized carbons (Fsp3) is 0.286. The average molecular weight is 481 g/mol. The highest BCUT2D eigenvalue weighted by Gasteiger charge is 2.41. The largest absolute Gasteiger partial charge is 0.375 e. The number of fused-ring (bicyclic) bond motifs is 2. The first-order valence-corrected chi connectivity index (χ1v) is 10.6. The van der Waals surface area contributed by atoms with Crippen molar-refractivity contribution in [2.24, 2.45) is 5.92 Å². The van der Waals surface area contributed by atoms with Gasteiger partial charge in [-0.05, 0) is 37.1 Å². The fourth-order valence-corrected chi connectivity index (χ4v) is 3.59. The first-order valence-electron chi connectivity index (χ1n) is 10.6. The first-order chi connectivity index (χ1) is 16.9. The number of halogens is 2. The van der Waals surface area contributed by atoms with E-state index in [-0.39, 0.29) is 41.6 Å². The molecule has 0 aromatic carbocycles. The molecule has 35 heavy (non-hydrogen) atoms. The van der Waals surface area contributed by atoms with Crippen molar-refractivity contribution < 1.29 is 22.8 Å². The van der Waals surface area contributed by atoms with Crippen LogP contribution in [0.1, 0.15) is 30.3 Å². The summed E-state index contributed by atoms with van der Waals surface area (Å²) in [6.07, 6.45) is 4.47. The number of methoxy groups -OCH3 is 1. The van der Waals surface area contributed by atoms with Gasteiger partial charge in [-0.1, -0.05) is 5.16 Å². The Morgan fingerprint density at radius 3 is 2.80 bits per heavy atom. The molecule has 1 amide bonds. The summed E-state index contributed by atoms with van der Waals surface area (Å²) in [5, 5.41) is 18.1. The van der Waals surface area contributed by atoms with Crippen LogP contribution in [0.5, 0.6) is 0 Å². The lowest BCUT2D eigenvalue weighted by molar-refractivity contribution is -0.117. The van der Waals surface area contributed by atoms with Crippen molar-refractivity contribution >= 4 is 23.0 Å². The van der Waals surface area contributed by atoms with Gasteiger partial charge in [0.25, 0.3) is 5.89 Å². The van der Waals surface area contributed by atoms with E-state index < -0.39 is 17.4 Å². The van der Waals surface area contributed by atoms with E-state index in [0.717, 1.165) is 23.3 Å². The molecule has 14 heteroatoms. The van der Waals surface area contributed by atoms with Crippen LogP contribution >= 0.6 is 0 Å². The Balaban J connectivity index is 1.35. The molecule has 1 saturated carbocycles. The van der Waals surface area contributed by atoms with Gasteiger partial charge in [0.15, 0.2) is 17.1 Å². The molecule has 5 aromatic rings. The molecule has 1 aliphatic carbocycles. The number of ether oxygens (including phenoxy) is 1. The highest BCUT2D eigenvalue weighted by Crippen LogP contribution is 2.34. The van der Waals surface area contributed by atoms with E-state index >= 15 is 8.78 Å². The number of aromatic nitrogens is 8. The number of carbonyl (C=O) groups excluding carboxylic acids is 1. The third-order valence-corrected chi connectivity index (χ3v) is 5.52. The van der Waals surface area contributed by atoms with Crippen LogP contribution in [0, 0.1) is 5.92 Å². The topological polar surface area (TPSA) is 138 Å². The number of nitrogens with one attached hydrogen (secondary N) is 1. The van der Waals surface area contributed by atoms with E-state index in [4.69, 9.17) is 9.26 Å². The van der Waals surface area contributed by atoms with Crippen molar-refractivity contribution in [1.82, 2.24) is 39.3 Å². The van der Waals surface area contributed by atoms with E-state index in [1.807, 2.05) is 0 Å². The van der Waals surface area contributed by atoms with Crippen LogP contribution in [-0.2, 0) is 22.1 Å². The number of hydrogen-bond acceptors (Lipinski definition) is 9. The molecule has 0 unspecified atom stereocenters. The summed E-state index contributed by atoms with van der Waals surface area (Å²) in [5.74, 6) is -3.68. The molecule has 1 fully saturated rings. The van der Waals surface area contributed by atoms with Gasteiger partial charge in [-0.25, -0.2) is 9.50 Å². The minimum Gasteiger partial charge on any atom is -0.375 e. The number of anilines is 1. The highest BCUT2D eigenvalue weighted by molar-refractivity contribution is 5.93. The summed E-state index contributed by atoms with van der Waals surface area (Å²) in [4.78, 5) is 20.4. The first kappa shape index (κ1) is 21.2. The molecule has 0 spiro atoms. The lowest BCUT2D eigenvalue weighted by Gasteiger charge is -2.14. The predicted molar refractivity (Wildman–Crippen MR) is 114 cm³/mol. The van der Waals surface area contributed by atoms with E-state index in [1.165, 1.54) is 36.2 Å². The highest BCUT2D eigenvalue weighted by atomic mass is 19.3. The minimum atomic E-state index is -3.60. The zero-order valence-electron chi connectivity index (χ0n) is 18.2. The number of pyridine rings is 1. The molecule has 12 nitrogen and oxygen atoms in total. The van der Waals surface area contributed by atoms with Crippen LogP contribution in [0.4, 0.5) is 14.6 Å². The van der Waals surface area contributed by atoms with Crippen molar-refractivity contribution in [2.75, 3.05) is 12.4 Å². The molecular weight excluding hydrogens is 464 g/mol. The number of rotatable bonds is 7. The maximum absolute atomic E-state index is 15.6. The number of alkyl halides is 2. The van der Waals surface area contributed by atoms with Crippen LogP contribution in [-0.4, -0.2) is 52.4 Å². The Kier molecular flexibility index (Phi) is 4.77. The second-order valence-electron chi connectivity index (χ2n) is 8.10. The molecule has 0 aliphatic heterocycles. The van der Waals surface area contributed by atoms with Crippen molar-refractivity contribution in [1.29, 1.82) is 0 Å². The maximum Gasteiger partial charge on any atom is 0.350 e. The van der Waals surface area contributed by atoms with Crippen molar-refractivity contribution in [3.63, 3.8) is 0 Å². The summed E-state index contributed by atoms with van der Waals surface area (Å²) < 4.78 is 43.6. The Bertz CT molecular complexity index is 1570. The quantitative estimate of drug-likeness (QED) is 0.371. The normalized spacial score (nSPS) is 14.1. The van der Waals surface area contributed by atoms with E-state index in [9.17, 15) is 4.79 Å². The van der Waals surface area contributed by atoms with Gasteiger partial charge in [0.1, 0.15) is 12.3 Å². The van der Waals surface area contributed by atoms with Crippen molar-refractivity contribution in [3.05, 3.63) is 54.1 Å². The Labute approximate surface area is 194 Å². The summed E-state index contributed by atoms with van der Waals surface area (Å²) in [6.45, 7) is 0.125. The van der Waals surface area contributed by atoms with Gasteiger partial charge in [-0.2, -0.15) is 18.9 Å². The Morgan fingerprint density at radius 2 is 2.00 bits per heavy atom. The van der Waals surface area contributed by atoms with Crippen LogP contribution < -0.4 is 5.32 Å². The number of amides is 1. The number of nitrogens with zero attached hydrogens (tertiary/aromatic N) is 8. The van der Waals surface area contributed by atoms with Crippen LogP contribution in [0.3, 0.4) is 0 Å². The fourth-order valence-electron chi connectivity index (χ4n) is 3.59. The van der Waals surface area contributed by atoms with Crippen LogP contribution in [0.25, 0.3) is 22.7 Å². The van der Waals surface area contributed by atoms with Gasteiger partial charge < -0.3 is 14.6 Å². The SMILES string of the molecule is COCc1nc(-c2ccc3nnc(C(F)(F)c4ccc5nc(NC(=O)C6CC6)cn5n4)n3c2)no1. The predicted octanol–water partition coefficient (Wildman–Crippen LogP) is 2.46. The summed E-state index contributed by atoms with van der Waals surface area (Å²) in [6, 6.07) is 5.71. The molecule has 0 bridgehead atoms. The zero-order valence-corrected chi connectivity index (χ0v) is 18.2. The van der Waals surface area contributed by atoms with Gasteiger partial charge in [-0.3, -0.25) is 9.20 Å². The smallest absolute Gasteiger partial charge is 0.350 e. The standard InChI is InChI=1S/C21H17F2N9O3/c1-34-10-17-26-18(30-35-17)12-4-6-16-27-28-20(31(16)8-12)21(22,23)13-5-7-15-24-14(9-32(15)29-13)25-19(33)11-2-3-11/h4-9,11H,2-3,10H2,1H3,(H,25,33). The Morgan fingerprint density at radius 1 is 1.17 bits per heavy atom. The molecule has 0 radical (unpaired) electrons. The minimum absolute atomic E-state index is 0.0159. The molecule has 6 rings (SSSR count). The van der Waals surface area contributed by atoms with E-state index in [2.05, 4.69) is 35.7 Å². The number of imidazole rings is 1. The van der Waals surface area contributed by atoms with E-state index in [0.29, 0.717) is 11.2 Å². The third kappa shape index (κ3) is 3.77. The molecule has 1 N–H and O–H groups in total. The van der Waals surface area contributed by atoms with Gasteiger partial charge in [0, 0.05) is 24.8 Å². The molecule has 178 valence electrons. The second-order valence-corrected chi connectivity index (χ2v) is 8.10. The maximum atomic E-state index is 15.6. The molecule has 5 heterocycles. The second kappa shape index (κ2) is 7.87. The number of carbonyl (C=O) groups is 1. The van der Waals surface area contributed by atoms with E-state index in [1.54, 1.807) is 6.07 Å². The van der Waals surface area contributed by atoms with Gasteiger partial charge in [-0.15, -0.1) is 10.2 Å². The van der Waals surface area contributed by atoms with Crippen LogP contribution in [0.15, 0.2) is 41.2 Å². The molecule has 0 atom stereocenters. The van der Waals surface area contributed by atoms with Gasteiger partial charge >= 0.3 is 5.92 Å². The zero-order chi connectivity index (χ0) is 24.2. The summed E-state index contributed by atoms with van der Waals surface area (Å²) >= 11 is 0. The summed E-state index contributed by atoms with van der Waals surface area (Å²) in [5.41, 5.74) is 0.379. The Hall–Kier alpha value is -4.33. The molecule has 5 aromatic heterocycles. The van der Waals surface area contributed by atoms with Crippen molar-refractivity contribution in [2.45, 2.75) is 25.4 Å². The summed E-state index contributed by atoms with van der Waals surface area (Å²) in [7, 11) is 1.49. The molecular formula is C21H17F2N9O3. The van der Waals surface area contributed by atoms with Crippen molar-refractivity contribution in [3.8, 4) is 11.4 Å². The average Bonchev–Trinajstić information content (AvgIpc) is 3.25. The van der Waals surface area contributed by atoms with Crippen LogP contribution in [0.2, 0.25) is 0 Å². The molecule has 0 saturated heterocycles. The lowest BCUT2D eigenvalue weighted by Crippen LogP contribution is -2.22.